The van der Waals surface area contributed by atoms with Gasteiger partial charge in [-0.1, -0.05) is 36.4 Å². The van der Waals surface area contributed by atoms with Gasteiger partial charge in [0.05, 0.1) is 5.56 Å². The van der Waals surface area contributed by atoms with E-state index in [2.05, 4.69) is 25.8 Å². The van der Waals surface area contributed by atoms with Crippen LogP contribution in [-0.4, -0.2) is 20.9 Å². The Morgan fingerprint density at radius 3 is 2.71 bits per heavy atom. The van der Waals surface area contributed by atoms with Gasteiger partial charge in [-0.2, -0.15) is 4.98 Å². The fraction of sp³-hybridized carbons (Fsp3) is 0. The number of carbonyl (C=O) groups excluding carboxylic acids is 1. The summed E-state index contributed by atoms with van der Waals surface area (Å²) in [7, 11) is 0. The summed E-state index contributed by atoms with van der Waals surface area (Å²) in [6, 6.07) is 16.9. The average molecular weight is 372 g/mol. The second-order valence-corrected chi connectivity index (χ2v) is 5.84. The molecule has 0 radical (unpaired) electrons. The fourth-order valence-corrected chi connectivity index (χ4v) is 2.63. The van der Waals surface area contributed by atoms with Crippen LogP contribution in [0, 0.1) is 0 Å². The van der Waals surface area contributed by atoms with Crippen molar-refractivity contribution >= 4 is 28.2 Å². The lowest BCUT2D eigenvalue weighted by atomic mass is 10.1. The number of hydrogen-bond donors (Lipinski definition) is 3. The van der Waals surface area contributed by atoms with Gasteiger partial charge in [0.15, 0.2) is 5.82 Å². The molecule has 0 aliphatic carbocycles. The lowest BCUT2D eigenvalue weighted by Gasteiger charge is -2.13. The number of carbonyl (C=O) groups is 1. The highest BCUT2D eigenvalue weighted by atomic mass is 16.5. The summed E-state index contributed by atoms with van der Waals surface area (Å²) in [6.07, 6.45) is 4.34. The molecule has 4 aromatic rings. The van der Waals surface area contributed by atoms with Crippen LogP contribution in [0.3, 0.4) is 0 Å². The van der Waals surface area contributed by atoms with Crippen molar-refractivity contribution in [2.24, 2.45) is 0 Å². The van der Waals surface area contributed by atoms with Crippen molar-refractivity contribution in [3.63, 3.8) is 0 Å². The van der Waals surface area contributed by atoms with Gasteiger partial charge in [0, 0.05) is 17.8 Å². The normalized spacial score (nSPS) is 10.4. The monoisotopic (exact) mass is 372 g/mol. The van der Waals surface area contributed by atoms with Gasteiger partial charge in [0.1, 0.15) is 17.8 Å². The Hall–Kier alpha value is -4.20. The first-order valence-corrected chi connectivity index (χ1v) is 8.45. The van der Waals surface area contributed by atoms with Crippen molar-refractivity contribution < 1.29 is 9.53 Å². The lowest BCUT2D eigenvalue weighted by molar-refractivity contribution is 0.0962. The molecule has 0 saturated heterocycles. The van der Waals surface area contributed by atoms with Crippen molar-refractivity contribution in [2.75, 3.05) is 11.2 Å². The Morgan fingerprint density at radius 1 is 1.00 bits per heavy atom. The predicted octanol–water partition coefficient (Wildman–Crippen LogP) is 3.16. The molecule has 8 heteroatoms. The molecule has 2 aromatic heterocycles. The zero-order valence-electron chi connectivity index (χ0n) is 14.7. The molecule has 0 fully saturated rings. The first-order valence-electron chi connectivity index (χ1n) is 8.45. The number of nitrogens with one attached hydrogen (secondary N) is 2. The standard InChI is InChI=1S/C20H16N6O2/c21-17-18(25-26-19(27)14-7-4-10-22-11-14)23-12-24-20(17)28-16-9-3-6-13-5-1-2-8-15(13)16/h1-12H,21H2,(H,26,27)(H,23,24,25). The highest BCUT2D eigenvalue weighted by molar-refractivity contribution is 5.94. The second kappa shape index (κ2) is 7.58. The number of rotatable bonds is 5. The number of pyridine rings is 1. The molecule has 4 N–H and O–H groups in total. The third-order valence-corrected chi connectivity index (χ3v) is 4.02. The summed E-state index contributed by atoms with van der Waals surface area (Å²) in [5.74, 6) is 0.656. The molecule has 0 atom stereocenters. The maximum Gasteiger partial charge on any atom is 0.271 e. The van der Waals surface area contributed by atoms with Crippen LogP contribution in [0.4, 0.5) is 11.5 Å². The van der Waals surface area contributed by atoms with Crippen molar-refractivity contribution in [2.45, 2.75) is 0 Å². The number of amides is 1. The molecule has 4 rings (SSSR count). The van der Waals surface area contributed by atoms with Crippen molar-refractivity contribution in [1.29, 1.82) is 0 Å². The third kappa shape index (κ3) is 3.51. The van der Waals surface area contributed by atoms with E-state index < -0.39 is 0 Å². The Balaban J connectivity index is 1.54. The van der Waals surface area contributed by atoms with Crippen LogP contribution in [0.5, 0.6) is 11.6 Å². The average Bonchev–Trinajstić information content (AvgIpc) is 2.75. The van der Waals surface area contributed by atoms with E-state index in [-0.39, 0.29) is 23.3 Å². The van der Waals surface area contributed by atoms with Crippen LogP contribution < -0.4 is 21.3 Å². The number of hydrazine groups is 1. The summed E-state index contributed by atoms with van der Waals surface area (Å²) in [6.45, 7) is 0. The summed E-state index contributed by atoms with van der Waals surface area (Å²) in [5, 5.41) is 1.97. The molecular weight excluding hydrogens is 356 g/mol. The molecule has 8 nitrogen and oxygen atoms in total. The quantitative estimate of drug-likeness (QED) is 0.461. The third-order valence-electron chi connectivity index (χ3n) is 4.02. The summed E-state index contributed by atoms with van der Waals surface area (Å²) < 4.78 is 5.92. The summed E-state index contributed by atoms with van der Waals surface area (Å²) in [5.41, 5.74) is 11.9. The minimum atomic E-state index is -0.373. The van der Waals surface area contributed by atoms with Crippen LogP contribution in [-0.2, 0) is 0 Å². The molecule has 28 heavy (non-hydrogen) atoms. The first kappa shape index (κ1) is 17.2. The number of nitrogens with two attached hydrogens (primary N) is 1. The van der Waals surface area contributed by atoms with Crippen LogP contribution in [0.15, 0.2) is 73.3 Å². The molecule has 2 aromatic carbocycles. The van der Waals surface area contributed by atoms with Gasteiger partial charge >= 0.3 is 0 Å². The number of benzene rings is 2. The fourth-order valence-electron chi connectivity index (χ4n) is 2.63. The predicted molar refractivity (Wildman–Crippen MR) is 106 cm³/mol. The maximum absolute atomic E-state index is 12.1. The number of anilines is 2. The molecule has 0 bridgehead atoms. The Morgan fingerprint density at radius 2 is 1.86 bits per heavy atom. The van der Waals surface area contributed by atoms with Gasteiger partial charge in [0.25, 0.3) is 5.91 Å². The molecule has 0 aliphatic heterocycles. The van der Waals surface area contributed by atoms with Crippen LogP contribution >= 0.6 is 0 Å². The number of fused-ring (bicyclic) bond motifs is 1. The van der Waals surface area contributed by atoms with E-state index in [4.69, 9.17) is 10.5 Å². The van der Waals surface area contributed by atoms with Gasteiger partial charge in [-0.05, 0) is 23.6 Å². The lowest BCUT2D eigenvalue weighted by Crippen LogP contribution is -2.30. The number of nitrogens with zero attached hydrogens (tertiary/aromatic N) is 3. The Bertz CT molecular complexity index is 1130. The van der Waals surface area contributed by atoms with E-state index in [9.17, 15) is 4.79 Å². The van der Waals surface area contributed by atoms with Crippen molar-refractivity contribution in [3.05, 3.63) is 78.9 Å². The molecule has 0 saturated carbocycles. The molecule has 0 unspecified atom stereocenters. The smallest absolute Gasteiger partial charge is 0.271 e. The highest BCUT2D eigenvalue weighted by Gasteiger charge is 2.13. The van der Waals surface area contributed by atoms with Crippen molar-refractivity contribution in [1.82, 2.24) is 20.4 Å². The minimum absolute atomic E-state index is 0.168. The van der Waals surface area contributed by atoms with E-state index in [1.165, 1.54) is 12.5 Å². The van der Waals surface area contributed by atoms with Crippen LogP contribution in [0.25, 0.3) is 10.8 Å². The number of nitrogen functional groups attached to an aromatic ring is 1. The number of ether oxygens (including phenoxy) is 1. The van der Waals surface area contributed by atoms with Gasteiger partial charge in [-0.15, -0.1) is 0 Å². The zero-order valence-corrected chi connectivity index (χ0v) is 14.7. The SMILES string of the molecule is Nc1c(NNC(=O)c2cccnc2)ncnc1Oc1cccc2ccccc12. The zero-order chi connectivity index (χ0) is 19.3. The van der Waals surface area contributed by atoms with Gasteiger partial charge in [0.2, 0.25) is 5.88 Å². The molecule has 0 aliphatic rings. The van der Waals surface area contributed by atoms with E-state index in [0.29, 0.717) is 11.3 Å². The number of aromatic nitrogens is 3. The maximum atomic E-state index is 12.1. The molecule has 1 amide bonds. The highest BCUT2D eigenvalue weighted by Crippen LogP contribution is 2.33. The van der Waals surface area contributed by atoms with E-state index in [0.717, 1.165) is 10.8 Å². The topological polar surface area (TPSA) is 115 Å². The second-order valence-electron chi connectivity index (χ2n) is 5.84. The van der Waals surface area contributed by atoms with Crippen molar-refractivity contribution in [3.8, 4) is 11.6 Å². The number of hydrogen-bond acceptors (Lipinski definition) is 7. The molecule has 2 heterocycles. The minimum Gasteiger partial charge on any atom is -0.436 e. The Kier molecular flexibility index (Phi) is 4.67. The Labute approximate surface area is 160 Å². The van der Waals surface area contributed by atoms with Crippen LogP contribution in [0.2, 0.25) is 0 Å². The van der Waals surface area contributed by atoms with E-state index in [1.807, 2.05) is 42.5 Å². The summed E-state index contributed by atoms with van der Waals surface area (Å²) in [4.78, 5) is 24.2. The first-order chi connectivity index (χ1) is 13.7. The van der Waals surface area contributed by atoms with Gasteiger partial charge < -0.3 is 10.5 Å². The van der Waals surface area contributed by atoms with Gasteiger partial charge in [-0.3, -0.25) is 20.6 Å². The van der Waals surface area contributed by atoms with E-state index in [1.54, 1.807) is 18.3 Å². The molecule has 138 valence electrons. The van der Waals surface area contributed by atoms with Gasteiger partial charge in [-0.25, -0.2) is 4.98 Å². The largest absolute Gasteiger partial charge is 0.436 e. The van der Waals surface area contributed by atoms with E-state index >= 15 is 0 Å². The molecule has 0 spiro atoms. The van der Waals surface area contributed by atoms with Crippen LogP contribution in [0.1, 0.15) is 10.4 Å². The molecular formula is C20H16N6O2. The summed E-state index contributed by atoms with van der Waals surface area (Å²) >= 11 is 0.